The van der Waals surface area contributed by atoms with Gasteiger partial charge in [-0.1, -0.05) is 0 Å². The number of fused-ring (bicyclic) bond motifs is 1. The molecule has 0 bridgehead atoms. The summed E-state index contributed by atoms with van der Waals surface area (Å²) >= 11 is 0. The number of aromatic nitrogens is 1. The van der Waals surface area contributed by atoms with Crippen LogP contribution >= 0.6 is 0 Å². The van der Waals surface area contributed by atoms with Crippen LogP contribution in [-0.4, -0.2) is 47.9 Å². The molecule has 0 saturated heterocycles. The first-order valence-electron chi connectivity index (χ1n) is 6.21. The van der Waals surface area contributed by atoms with E-state index in [-0.39, 0.29) is 5.56 Å². The van der Waals surface area contributed by atoms with Crippen LogP contribution in [0.4, 0.5) is 0 Å². The molecule has 0 amide bonds. The van der Waals surface area contributed by atoms with E-state index in [0.717, 1.165) is 24.2 Å². The number of rotatable bonds is 4. The van der Waals surface area contributed by atoms with Crippen molar-refractivity contribution in [2.75, 3.05) is 27.3 Å². The van der Waals surface area contributed by atoms with Gasteiger partial charge in [0.2, 0.25) is 0 Å². The number of ether oxygens (including phenoxy) is 1. The number of carbonyl (C=O) groups is 1. The number of pyridine rings is 1. The van der Waals surface area contributed by atoms with E-state index < -0.39 is 11.5 Å². The quantitative estimate of drug-likeness (QED) is 0.841. The maximum absolute atomic E-state index is 12.2. The van der Waals surface area contributed by atoms with Crippen LogP contribution in [0.15, 0.2) is 10.9 Å². The molecule has 0 radical (unpaired) electrons. The van der Waals surface area contributed by atoms with Gasteiger partial charge in [0.25, 0.3) is 5.56 Å². The molecular formula is C13H18N2O4. The minimum atomic E-state index is -1.17. The standard InChI is InChI=1S/C13H18N2O4/c1-14-4-3-11-9(8-14)7-10(13(17)18)12(16)15(11)5-6-19-2/h7H,3-6,8H2,1-2H3,(H,17,18). The van der Waals surface area contributed by atoms with Crippen molar-refractivity contribution in [1.82, 2.24) is 9.47 Å². The normalized spacial score (nSPS) is 15.3. The molecular weight excluding hydrogens is 248 g/mol. The second-order valence-corrected chi connectivity index (χ2v) is 4.77. The van der Waals surface area contributed by atoms with Gasteiger partial charge in [-0.15, -0.1) is 0 Å². The van der Waals surface area contributed by atoms with Gasteiger partial charge in [0.05, 0.1) is 6.61 Å². The smallest absolute Gasteiger partial charge is 0.341 e. The Labute approximate surface area is 111 Å². The number of carboxylic acid groups (broad SMARTS) is 1. The molecule has 19 heavy (non-hydrogen) atoms. The molecule has 0 aliphatic carbocycles. The van der Waals surface area contributed by atoms with Crippen molar-refractivity contribution in [2.45, 2.75) is 19.5 Å². The highest BCUT2D eigenvalue weighted by atomic mass is 16.5. The third kappa shape index (κ3) is 2.69. The Kier molecular flexibility index (Phi) is 4.01. The van der Waals surface area contributed by atoms with Gasteiger partial charge in [0.15, 0.2) is 0 Å². The Morgan fingerprint density at radius 2 is 2.26 bits per heavy atom. The number of carboxylic acids is 1. The average molecular weight is 266 g/mol. The first-order valence-corrected chi connectivity index (χ1v) is 6.21. The number of likely N-dealkylation sites (N-methyl/N-ethyl adjacent to an activating group) is 1. The van der Waals surface area contributed by atoms with Crippen molar-refractivity contribution >= 4 is 5.97 Å². The molecule has 1 aliphatic heterocycles. The van der Waals surface area contributed by atoms with Crippen LogP contribution in [0.2, 0.25) is 0 Å². The van der Waals surface area contributed by atoms with Gasteiger partial charge in [-0.05, 0) is 18.7 Å². The number of hydrogen-bond donors (Lipinski definition) is 1. The molecule has 0 spiro atoms. The number of methoxy groups -OCH3 is 1. The van der Waals surface area contributed by atoms with Crippen molar-refractivity contribution in [3.8, 4) is 0 Å². The molecule has 0 fully saturated rings. The zero-order valence-electron chi connectivity index (χ0n) is 11.2. The summed E-state index contributed by atoms with van der Waals surface area (Å²) in [5.41, 5.74) is 1.25. The summed E-state index contributed by atoms with van der Waals surface area (Å²) in [6.45, 7) is 2.32. The lowest BCUT2D eigenvalue weighted by atomic mass is 10.0. The zero-order chi connectivity index (χ0) is 14.0. The van der Waals surface area contributed by atoms with Crippen molar-refractivity contribution < 1.29 is 14.6 Å². The highest BCUT2D eigenvalue weighted by Gasteiger charge is 2.22. The maximum Gasteiger partial charge on any atom is 0.341 e. The summed E-state index contributed by atoms with van der Waals surface area (Å²) in [5.74, 6) is -1.17. The first-order chi connectivity index (χ1) is 9.04. The van der Waals surface area contributed by atoms with Crippen LogP contribution in [0.1, 0.15) is 21.6 Å². The molecule has 1 aliphatic rings. The predicted octanol–water partition coefficient (Wildman–Crippen LogP) is 0.181. The first kappa shape index (κ1) is 13.8. The monoisotopic (exact) mass is 266 g/mol. The summed E-state index contributed by atoms with van der Waals surface area (Å²) in [7, 11) is 3.54. The molecule has 104 valence electrons. The van der Waals surface area contributed by atoms with Crippen LogP contribution in [0, 0.1) is 0 Å². The second kappa shape index (κ2) is 5.54. The maximum atomic E-state index is 12.2. The highest BCUT2D eigenvalue weighted by molar-refractivity contribution is 5.87. The van der Waals surface area contributed by atoms with E-state index in [0.29, 0.717) is 19.7 Å². The molecule has 1 aromatic rings. The molecule has 6 nitrogen and oxygen atoms in total. The summed E-state index contributed by atoms with van der Waals surface area (Å²) in [5, 5.41) is 9.12. The van der Waals surface area contributed by atoms with Crippen LogP contribution in [-0.2, 0) is 24.2 Å². The molecule has 0 unspecified atom stereocenters. The fraction of sp³-hybridized carbons (Fsp3) is 0.538. The van der Waals surface area contributed by atoms with E-state index in [9.17, 15) is 9.59 Å². The summed E-state index contributed by atoms with van der Waals surface area (Å²) < 4.78 is 6.55. The second-order valence-electron chi connectivity index (χ2n) is 4.77. The highest BCUT2D eigenvalue weighted by Crippen LogP contribution is 2.17. The molecule has 0 atom stereocenters. The van der Waals surface area contributed by atoms with Gasteiger partial charge < -0.3 is 19.3 Å². The zero-order valence-corrected chi connectivity index (χ0v) is 11.2. The Morgan fingerprint density at radius 1 is 1.53 bits per heavy atom. The van der Waals surface area contributed by atoms with Crippen molar-refractivity contribution in [1.29, 1.82) is 0 Å². The third-order valence-electron chi connectivity index (χ3n) is 3.41. The Bertz CT molecular complexity index is 550. The molecule has 1 N–H and O–H groups in total. The lowest BCUT2D eigenvalue weighted by Crippen LogP contribution is -2.37. The molecule has 0 saturated carbocycles. The number of nitrogens with zero attached hydrogens (tertiary/aromatic N) is 2. The van der Waals surface area contributed by atoms with E-state index >= 15 is 0 Å². The van der Waals surface area contributed by atoms with Gasteiger partial charge >= 0.3 is 5.97 Å². The summed E-state index contributed by atoms with van der Waals surface area (Å²) in [6.07, 6.45) is 0.755. The fourth-order valence-corrected chi connectivity index (χ4v) is 2.43. The topological polar surface area (TPSA) is 71.8 Å². The largest absolute Gasteiger partial charge is 0.477 e. The van der Waals surface area contributed by atoms with Gasteiger partial charge in [-0.25, -0.2) is 4.79 Å². The molecule has 1 aromatic heterocycles. The fourth-order valence-electron chi connectivity index (χ4n) is 2.43. The van der Waals surface area contributed by atoms with E-state index in [2.05, 4.69) is 4.90 Å². The van der Waals surface area contributed by atoms with Crippen molar-refractivity contribution in [3.63, 3.8) is 0 Å². The van der Waals surface area contributed by atoms with Crippen LogP contribution in [0.3, 0.4) is 0 Å². The average Bonchev–Trinajstić information content (AvgIpc) is 2.37. The lowest BCUT2D eigenvalue weighted by Gasteiger charge is -2.27. The molecule has 6 heteroatoms. The van der Waals surface area contributed by atoms with Gasteiger partial charge in [0, 0.05) is 38.9 Å². The van der Waals surface area contributed by atoms with E-state index in [1.54, 1.807) is 11.7 Å². The number of aromatic carboxylic acids is 1. The van der Waals surface area contributed by atoms with E-state index in [1.165, 1.54) is 6.07 Å². The summed E-state index contributed by atoms with van der Waals surface area (Å²) in [4.78, 5) is 25.4. The van der Waals surface area contributed by atoms with Crippen molar-refractivity contribution in [2.24, 2.45) is 0 Å². The molecule has 2 rings (SSSR count). The lowest BCUT2D eigenvalue weighted by molar-refractivity contribution is 0.0693. The Hall–Kier alpha value is -1.66. The summed E-state index contributed by atoms with van der Waals surface area (Å²) in [6, 6.07) is 1.51. The predicted molar refractivity (Wildman–Crippen MR) is 69.6 cm³/mol. The molecule has 0 aromatic carbocycles. The number of hydrogen-bond acceptors (Lipinski definition) is 4. The minimum absolute atomic E-state index is 0.162. The Balaban J connectivity index is 2.55. The molecule has 2 heterocycles. The van der Waals surface area contributed by atoms with Crippen molar-refractivity contribution in [3.05, 3.63) is 33.2 Å². The van der Waals surface area contributed by atoms with E-state index in [4.69, 9.17) is 9.84 Å². The van der Waals surface area contributed by atoms with Crippen LogP contribution in [0.5, 0.6) is 0 Å². The van der Waals surface area contributed by atoms with Gasteiger partial charge in [-0.3, -0.25) is 4.79 Å². The van der Waals surface area contributed by atoms with Crippen LogP contribution in [0.25, 0.3) is 0 Å². The minimum Gasteiger partial charge on any atom is -0.477 e. The third-order valence-corrected chi connectivity index (χ3v) is 3.41. The SMILES string of the molecule is COCCn1c2c(cc(C(=O)O)c1=O)CN(C)CC2. The van der Waals surface area contributed by atoms with Crippen LogP contribution < -0.4 is 5.56 Å². The Morgan fingerprint density at radius 3 is 2.89 bits per heavy atom. The van der Waals surface area contributed by atoms with Gasteiger partial charge in [-0.2, -0.15) is 0 Å². The van der Waals surface area contributed by atoms with Gasteiger partial charge in [0.1, 0.15) is 5.56 Å². The van der Waals surface area contributed by atoms with E-state index in [1.807, 2.05) is 7.05 Å².